The molecule has 1 fully saturated rings. The molecular formula is C20H32N2O3. The van der Waals surface area contributed by atoms with Crippen LogP contribution in [0.1, 0.15) is 51.5 Å². The standard InChI is InChI=1S/C20H32N2O3/c1-20(2,3)25-19(24)22-13-15-11-18(12-15)21-14-17(9-10-23)16-7-5-4-6-8-16/h4-8,15,17-18,21,23H,9-14H2,1-3H3,(H,22,24). The molecule has 140 valence electrons. The van der Waals surface area contributed by atoms with Crippen molar-refractivity contribution in [1.29, 1.82) is 0 Å². The maximum atomic E-state index is 11.7. The zero-order valence-electron chi connectivity index (χ0n) is 15.6. The summed E-state index contributed by atoms with van der Waals surface area (Å²) in [7, 11) is 0. The summed E-state index contributed by atoms with van der Waals surface area (Å²) >= 11 is 0. The Hall–Kier alpha value is -1.59. The predicted molar refractivity (Wildman–Crippen MR) is 99.6 cm³/mol. The molecule has 1 aromatic rings. The highest BCUT2D eigenvalue weighted by Gasteiger charge is 2.30. The van der Waals surface area contributed by atoms with Gasteiger partial charge in [0, 0.05) is 25.7 Å². The predicted octanol–water partition coefficient (Wildman–Crippen LogP) is 3.05. The fourth-order valence-electron chi connectivity index (χ4n) is 3.19. The molecule has 1 aromatic carbocycles. The highest BCUT2D eigenvalue weighted by Crippen LogP contribution is 2.28. The molecule has 1 amide bonds. The number of carbonyl (C=O) groups excluding carboxylic acids is 1. The summed E-state index contributed by atoms with van der Waals surface area (Å²) in [5.74, 6) is 0.850. The summed E-state index contributed by atoms with van der Waals surface area (Å²) in [6.07, 6.45) is 2.57. The average Bonchev–Trinajstić information content (AvgIpc) is 2.51. The lowest BCUT2D eigenvalue weighted by molar-refractivity contribution is 0.0503. The van der Waals surface area contributed by atoms with Gasteiger partial charge in [-0.05, 0) is 57.4 Å². The highest BCUT2D eigenvalue weighted by atomic mass is 16.6. The van der Waals surface area contributed by atoms with E-state index in [0.717, 1.165) is 25.8 Å². The van der Waals surface area contributed by atoms with Gasteiger partial charge in [0.05, 0.1) is 0 Å². The van der Waals surface area contributed by atoms with E-state index in [1.807, 2.05) is 39.0 Å². The van der Waals surface area contributed by atoms with Crippen LogP contribution in [0.4, 0.5) is 4.79 Å². The van der Waals surface area contributed by atoms with Crippen molar-refractivity contribution < 1.29 is 14.6 Å². The summed E-state index contributed by atoms with van der Waals surface area (Å²) in [6, 6.07) is 10.8. The number of alkyl carbamates (subject to hydrolysis) is 1. The second kappa shape index (κ2) is 9.20. The van der Waals surface area contributed by atoms with Gasteiger partial charge in [-0.1, -0.05) is 30.3 Å². The van der Waals surface area contributed by atoms with Crippen LogP contribution in [0.5, 0.6) is 0 Å². The monoisotopic (exact) mass is 348 g/mol. The molecule has 0 saturated heterocycles. The van der Waals surface area contributed by atoms with Crippen molar-refractivity contribution >= 4 is 6.09 Å². The first-order valence-corrected chi connectivity index (χ1v) is 9.23. The molecule has 25 heavy (non-hydrogen) atoms. The van der Waals surface area contributed by atoms with Crippen molar-refractivity contribution in [2.45, 2.75) is 57.6 Å². The molecule has 0 radical (unpaired) electrons. The van der Waals surface area contributed by atoms with Gasteiger partial charge in [0.2, 0.25) is 0 Å². The first kappa shape index (κ1) is 19.7. The molecule has 2 rings (SSSR count). The van der Waals surface area contributed by atoms with Gasteiger partial charge in [-0.2, -0.15) is 0 Å². The third kappa shape index (κ3) is 7.04. The molecule has 1 unspecified atom stereocenters. The zero-order chi connectivity index (χ0) is 18.3. The molecule has 0 spiro atoms. The third-order valence-corrected chi connectivity index (χ3v) is 4.57. The van der Waals surface area contributed by atoms with Crippen molar-refractivity contribution in [3.63, 3.8) is 0 Å². The molecule has 1 saturated carbocycles. The van der Waals surface area contributed by atoms with Crippen LogP contribution in [0.2, 0.25) is 0 Å². The molecule has 0 aromatic heterocycles. The maximum Gasteiger partial charge on any atom is 0.407 e. The number of ether oxygens (including phenoxy) is 1. The minimum Gasteiger partial charge on any atom is -0.444 e. The van der Waals surface area contributed by atoms with Gasteiger partial charge >= 0.3 is 6.09 Å². The lowest BCUT2D eigenvalue weighted by atomic mass is 9.80. The Morgan fingerprint density at radius 3 is 2.56 bits per heavy atom. The van der Waals surface area contributed by atoms with Crippen molar-refractivity contribution in [2.24, 2.45) is 5.92 Å². The van der Waals surface area contributed by atoms with E-state index in [2.05, 4.69) is 22.8 Å². The van der Waals surface area contributed by atoms with Gasteiger partial charge < -0.3 is 20.5 Å². The Labute approximate surface area is 151 Å². The van der Waals surface area contributed by atoms with Crippen LogP contribution in [0.15, 0.2) is 30.3 Å². The van der Waals surface area contributed by atoms with Crippen molar-refractivity contribution in [3.8, 4) is 0 Å². The number of hydrogen-bond donors (Lipinski definition) is 3. The number of hydrogen-bond acceptors (Lipinski definition) is 4. The van der Waals surface area contributed by atoms with Crippen LogP contribution in [-0.4, -0.2) is 42.5 Å². The molecule has 5 nitrogen and oxygen atoms in total. The second-order valence-corrected chi connectivity index (χ2v) is 7.95. The summed E-state index contributed by atoms with van der Waals surface area (Å²) in [6.45, 7) is 7.35. The number of nitrogens with one attached hydrogen (secondary N) is 2. The molecule has 1 aliphatic carbocycles. The fourth-order valence-corrected chi connectivity index (χ4v) is 3.19. The van der Waals surface area contributed by atoms with E-state index in [4.69, 9.17) is 4.74 Å². The minimum atomic E-state index is -0.451. The van der Waals surface area contributed by atoms with Gasteiger partial charge in [0.15, 0.2) is 0 Å². The van der Waals surface area contributed by atoms with Crippen LogP contribution in [0.25, 0.3) is 0 Å². The summed E-state index contributed by atoms with van der Waals surface area (Å²) < 4.78 is 5.25. The Bertz CT molecular complexity index is 521. The normalized spacial score (nSPS) is 21.3. The van der Waals surface area contributed by atoms with Gasteiger partial charge in [-0.25, -0.2) is 4.79 Å². The van der Waals surface area contributed by atoms with Crippen LogP contribution in [0.3, 0.4) is 0 Å². The van der Waals surface area contributed by atoms with Crippen LogP contribution in [-0.2, 0) is 4.74 Å². The van der Waals surface area contributed by atoms with Crippen LogP contribution >= 0.6 is 0 Å². The van der Waals surface area contributed by atoms with Gasteiger partial charge in [-0.3, -0.25) is 0 Å². The van der Waals surface area contributed by atoms with Gasteiger partial charge in [0.1, 0.15) is 5.60 Å². The molecule has 1 aliphatic rings. The number of aliphatic hydroxyl groups excluding tert-OH is 1. The minimum absolute atomic E-state index is 0.203. The van der Waals surface area contributed by atoms with E-state index in [1.165, 1.54) is 5.56 Å². The summed E-state index contributed by atoms with van der Waals surface area (Å²) in [5.41, 5.74) is 0.818. The van der Waals surface area contributed by atoms with Gasteiger partial charge in [-0.15, -0.1) is 0 Å². The molecule has 5 heteroatoms. The Balaban J connectivity index is 1.65. The average molecular weight is 348 g/mol. The second-order valence-electron chi connectivity index (χ2n) is 7.95. The molecule has 0 aliphatic heterocycles. The highest BCUT2D eigenvalue weighted by molar-refractivity contribution is 5.67. The number of carbonyl (C=O) groups is 1. The molecule has 3 N–H and O–H groups in total. The first-order chi connectivity index (χ1) is 11.9. The smallest absolute Gasteiger partial charge is 0.407 e. The quantitative estimate of drug-likeness (QED) is 0.675. The lowest BCUT2D eigenvalue weighted by Gasteiger charge is -2.37. The Kier molecular flexibility index (Phi) is 7.26. The molecular weight excluding hydrogens is 316 g/mol. The van der Waals surface area contributed by atoms with Crippen LogP contribution in [0, 0.1) is 5.92 Å². The van der Waals surface area contributed by atoms with Crippen molar-refractivity contribution in [2.75, 3.05) is 19.7 Å². The Morgan fingerprint density at radius 1 is 1.28 bits per heavy atom. The van der Waals surface area contributed by atoms with E-state index >= 15 is 0 Å². The third-order valence-electron chi connectivity index (χ3n) is 4.57. The van der Waals surface area contributed by atoms with E-state index < -0.39 is 5.60 Å². The van der Waals surface area contributed by atoms with E-state index in [-0.39, 0.29) is 12.7 Å². The van der Waals surface area contributed by atoms with Crippen molar-refractivity contribution in [3.05, 3.63) is 35.9 Å². The number of rotatable bonds is 8. The number of aliphatic hydroxyl groups is 1. The molecule has 1 atom stereocenters. The largest absolute Gasteiger partial charge is 0.444 e. The lowest BCUT2D eigenvalue weighted by Crippen LogP contribution is -2.47. The SMILES string of the molecule is CC(C)(C)OC(=O)NCC1CC(NCC(CCO)c2ccccc2)C1. The fraction of sp³-hybridized carbons (Fsp3) is 0.650. The van der Waals surface area contributed by atoms with E-state index in [9.17, 15) is 9.90 Å². The molecule has 0 heterocycles. The first-order valence-electron chi connectivity index (χ1n) is 9.23. The zero-order valence-corrected chi connectivity index (χ0v) is 15.6. The van der Waals surface area contributed by atoms with Gasteiger partial charge in [0.25, 0.3) is 0 Å². The van der Waals surface area contributed by atoms with E-state index in [0.29, 0.717) is 24.4 Å². The summed E-state index contributed by atoms with van der Waals surface area (Å²) in [4.78, 5) is 11.7. The number of amides is 1. The van der Waals surface area contributed by atoms with E-state index in [1.54, 1.807) is 0 Å². The van der Waals surface area contributed by atoms with Crippen molar-refractivity contribution in [1.82, 2.24) is 10.6 Å². The topological polar surface area (TPSA) is 70.6 Å². The van der Waals surface area contributed by atoms with Crippen LogP contribution < -0.4 is 10.6 Å². The Morgan fingerprint density at radius 2 is 1.96 bits per heavy atom. The maximum absolute atomic E-state index is 11.7. The molecule has 0 bridgehead atoms. The summed E-state index contributed by atoms with van der Waals surface area (Å²) in [5, 5.41) is 15.8. The number of benzene rings is 1.